The smallest absolute Gasteiger partial charge is 0.387 e. The minimum absolute atomic E-state index is 0.00419. The number of rotatable bonds is 7. The molecule has 0 radical (unpaired) electrons. The molecule has 4 rings (SSSR count). The van der Waals surface area contributed by atoms with Crippen LogP contribution in [0.2, 0.25) is 0 Å². The minimum Gasteiger partial charge on any atom is -0.432 e. The Bertz CT molecular complexity index is 1140. The fourth-order valence-electron chi connectivity index (χ4n) is 4.20. The number of hydrogen-bond donors (Lipinski definition) is 2. The van der Waals surface area contributed by atoms with Crippen molar-refractivity contribution in [2.75, 3.05) is 5.32 Å². The molecule has 2 N–H and O–H groups in total. The van der Waals surface area contributed by atoms with Crippen molar-refractivity contribution in [2.24, 2.45) is 0 Å². The first-order valence-electron chi connectivity index (χ1n) is 10.3. The summed E-state index contributed by atoms with van der Waals surface area (Å²) in [5.74, 6) is -1.95. The Balaban J connectivity index is 1.70. The zero-order chi connectivity index (χ0) is 23.1. The van der Waals surface area contributed by atoms with Crippen molar-refractivity contribution in [3.8, 4) is 5.75 Å². The summed E-state index contributed by atoms with van der Waals surface area (Å²) < 4.78 is 46.4. The van der Waals surface area contributed by atoms with Crippen LogP contribution in [-0.2, 0) is 15.9 Å². The molecule has 3 aromatic rings. The maximum absolute atomic E-state index is 15.2. The summed E-state index contributed by atoms with van der Waals surface area (Å²) in [6, 6.07) is 11.2. The Morgan fingerprint density at radius 3 is 2.56 bits per heavy atom. The summed E-state index contributed by atoms with van der Waals surface area (Å²) in [7, 11) is 0. The van der Waals surface area contributed by atoms with Crippen molar-refractivity contribution >= 4 is 22.9 Å². The molecule has 1 amide bonds. The molecule has 0 aliphatic heterocycles. The van der Waals surface area contributed by atoms with Gasteiger partial charge in [-0.25, -0.2) is 9.37 Å². The number of amides is 1. The number of carbonyl (C=O) groups is 1. The molecule has 1 heterocycles. The van der Waals surface area contributed by atoms with E-state index in [2.05, 4.69) is 15.0 Å². The molecule has 2 aromatic carbocycles. The average molecular weight is 447 g/mol. The fourth-order valence-corrected chi connectivity index (χ4v) is 4.20. The number of nitrogens with zero attached hydrogens (tertiary/aromatic N) is 2. The Hall–Kier alpha value is -3.07. The quantitative estimate of drug-likeness (QED) is 0.540. The predicted octanol–water partition coefficient (Wildman–Crippen LogP) is 4.91. The second-order valence-corrected chi connectivity index (χ2v) is 8.61. The minimum atomic E-state index is -3.17. The fraction of sp³-hybridized carbons (Fsp3) is 0.391. The molecular weight excluding hydrogens is 423 g/mol. The largest absolute Gasteiger partial charge is 0.432 e. The van der Waals surface area contributed by atoms with Crippen LogP contribution in [0.1, 0.15) is 45.1 Å². The highest BCUT2D eigenvalue weighted by Gasteiger charge is 2.39. The summed E-state index contributed by atoms with van der Waals surface area (Å²) in [6.07, 6.45) is 2.07. The lowest BCUT2D eigenvalue weighted by atomic mass is 9.78. The van der Waals surface area contributed by atoms with Crippen molar-refractivity contribution in [1.29, 1.82) is 0 Å². The summed E-state index contributed by atoms with van der Waals surface area (Å²) in [5.41, 5.74) is -1.18. The lowest BCUT2D eigenvalue weighted by molar-refractivity contribution is -0.120. The number of halogens is 3. The van der Waals surface area contributed by atoms with E-state index in [1.807, 2.05) is 13.0 Å². The number of hydrogen-bond acceptors (Lipinski definition) is 4. The van der Waals surface area contributed by atoms with Crippen LogP contribution in [0.5, 0.6) is 5.75 Å². The van der Waals surface area contributed by atoms with Crippen molar-refractivity contribution < 1.29 is 27.8 Å². The Morgan fingerprint density at radius 1 is 1.28 bits per heavy atom. The van der Waals surface area contributed by atoms with E-state index in [9.17, 15) is 18.7 Å². The van der Waals surface area contributed by atoms with Crippen LogP contribution in [0.3, 0.4) is 0 Å². The van der Waals surface area contributed by atoms with Gasteiger partial charge in [-0.1, -0.05) is 30.3 Å². The molecule has 170 valence electrons. The monoisotopic (exact) mass is 447 g/mol. The molecule has 0 saturated heterocycles. The van der Waals surface area contributed by atoms with E-state index >= 15 is 4.39 Å². The molecule has 6 nitrogen and oxygen atoms in total. The van der Waals surface area contributed by atoms with Crippen LogP contribution in [0, 0.1) is 5.82 Å². The van der Waals surface area contributed by atoms with Gasteiger partial charge in [0.2, 0.25) is 11.9 Å². The van der Waals surface area contributed by atoms with E-state index < -0.39 is 35.2 Å². The highest BCUT2D eigenvalue weighted by molar-refractivity contribution is 5.92. The van der Waals surface area contributed by atoms with Gasteiger partial charge in [-0.2, -0.15) is 8.78 Å². The maximum Gasteiger partial charge on any atom is 0.387 e. The molecule has 1 saturated carbocycles. The van der Waals surface area contributed by atoms with Gasteiger partial charge in [0.05, 0.1) is 17.5 Å². The molecule has 1 aromatic heterocycles. The molecule has 1 unspecified atom stereocenters. The predicted molar refractivity (Wildman–Crippen MR) is 113 cm³/mol. The third-order valence-corrected chi connectivity index (χ3v) is 6.06. The van der Waals surface area contributed by atoms with Crippen LogP contribution in [-0.4, -0.2) is 27.2 Å². The highest BCUT2D eigenvalue weighted by atomic mass is 19.3. The van der Waals surface area contributed by atoms with Crippen LogP contribution < -0.4 is 10.1 Å². The standard InChI is InChI=1S/C23H24F3N3O3/c1-22(11-6-12-22)29-19-15(9-10-16(18(19)24)32-20(25)26)27-21(29)28-17(30)13-23(2,31)14-7-4-3-5-8-14/h3-5,7-10,20,31H,6,11-13H2,1-2H3,(H,27,28,30). The highest BCUT2D eigenvalue weighted by Crippen LogP contribution is 2.44. The van der Waals surface area contributed by atoms with Gasteiger partial charge >= 0.3 is 6.61 Å². The summed E-state index contributed by atoms with van der Waals surface area (Å²) in [6.45, 7) is 0.260. The molecule has 0 bridgehead atoms. The number of benzene rings is 2. The first kappa shape index (κ1) is 22.1. The van der Waals surface area contributed by atoms with Gasteiger partial charge < -0.3 is 14.4 Å². The first-order valence-corrected chi connectivity index (χ1v) is 10.3. The number of fused-ring (bicyclic) bond motifs is 1. The van der Waals surface area contributed by atoms with E-state index in [0.29, 0.717) is 18.4 Å². The molecule has 0 spiro atoms. The number of nitrogens with one attached hydrogen (secondary N) is 1. The van der Waals surface area contributed by atoms with E-state index in [1.54, 1.807) is 28.8 Å². The van der Waals surface area contributed by atoms with Crippen LogP contribution >= 0.6 is 0 Å². The second-order valence-electron chi connectivity index (χ2n) is 8.61. The zero-order valence-corrected chi connectivity index (χ0v) is 17.7. The maximum atomic E-state index is 15.2. The summed E-state index contributed by atoms with van der Waals surface area (Å²) in [4.78, 5) is 17.2. The van der Waals surface area contributed by atoms with Gasteiger partial charge in [-0.3, -0.25) is 10.1 Å². The van der Waals surface area contributed by atoms with Gasteiger partial charge in [0, 0.05) is 5.54 Å². The molecule has 9 heteroatoms. The summed E-state index contributed by atoms with van der Waals surface area (Å²) >= 11 is 0. The number of imidazole rings is 1. The molecule has 1 aliphatic carbocycles. The Morgan fingerprint density at radius 2 is 1.97 bits per heavy atom. The lowest BCUT2D eigenvalue weighted by Gasteiger charge is -2.41. The number of alkyl halides is 2. The lowest BCUT2D eigenvalue weighted by Crippen LogP contribution is -2.39. The van der Waals surface area contributed by atoms with Gasteiger partial charge in [-0.05, 0) is 50.8 Å². The molecular formula is C23H24F3N3O3. The Kier molecular flexibility index (Phi) is 5.62. The SMILES string of the molecule is CC(O)(CC(=O)Nc1nc2ccc(OC(F)F)c(F)c2n1C1(C)CCC1)c1ccccc1. The number of aliphatic hydroxyl groups is 1. The van der Waals surface area contributed by atoms with E-state index in [-0.39, 0.29) is 23.4 Å². The van der Waals surface area contributed by atoms with Crippen LogP contribution in [0.25, 0.3) is 11.0 Å². The van der Waals surface area contributed by atoms with E-state index in [1.165, 1.54) is 13.0 Å². The molecule has 32 heavy (non-hydrogen) atoms. The summed E-state index contributed by atoms with van der Waals surface area (Å²) in [5, 5.41) is 13.5. The molecule has 1 atom stereocenters. The topological polar surface area (TPSA) is 76.4 Å². The number of ether oxygens (including phenoxy) is 1. The van der Waals surface area contributed by atoms with Gasteiger partial charge in [0.25, 0.3) is 0 Å². The number of aromatic nitrogens is 2. The van der Waals surface area contributed by atoms with E-state index in [4.69, 9.17) is 0 Å². The number of anilines is 1. The second kappa shape index (κ2) is 8.12. The van der Waals surface area contributed by atoms with Crippen LogP contribution in [0.4, 0.5) is 19.1 Å². The van der Waals surface area contributed by atoms with Crippen molar-refractivity contribution in [3.05, 3.63) is 53.8 Å². The molecule has 1 aliphatic rings. The third-order valence-electron chi connectivity index (χ3n) is 6.06. The number of carbonyl (C=O) groups excluding carboxylic acids is 1. The van der Waals surface area contributed by atoms with Crippen LogP contribution in [0.15, 0.2) is 42.5 Å². The zero-order valence-electron chi connectivity index (χ0n) is 17.7. The van der Waals surface area contributed by atoms with E-state index in [0.717, 1.165) is 12.5 Å². The van der Waals surface area contributed by atoms with Gasteiger partial charge in [0.15, 0.2) is 11.6 Å². The van der Waals surface area contributed by atoms with Crippen molar-refractivity contribution in [1.82, 2.24) is 9.55 Å². The van der Waals surface area contributed by atoms with Gasteiger partial charge in [-0.15, -0.1) is 0 Å². The van der Waals surface area contributed by atoms with Crippen molar-refractivity contribution in [2.45, 2.75) is 57.3 Å². The molecule has 1 fully saturated rings. The van der Waals surface area contributed by atoms with Crippen molar-refractivity contribution in [3.63, 3.8) is 0 Å². The third kappa shape index (κ3) is 4.04. The average Bonchev–Trinajstić information content (AvgIpc) is 3.07. The first-order chi connectivity index (χ1) is 15.1. The Labute approximate surface area is 183 Å². The van der Waals surface area contributed by atoms with Gasteiger partial charge in [0.1, 0.15) is 5.52 Å². The normalized spacial score (nSPS) is 17.1.